The van der Waals surface area contributed by atoms with E-state index in [1.807, 2.05) is 20.8 Å². The third kappa shape index (κ3) is 1.48. The lowest BCUT2D eigenvalue weighted by Gasteiger charge is -1.99. The van der Waals surface area contributed by atoms with Gasteiger partial charge in [0.05, 0.1) is 0 Å². The normalized spacial score (nSPS) is 10.5. The number of nitrogens with one attached hydrogen (secondary N) is 1. The van der Waals surface area contributed by atoms with Crippen molar-refractivity contribution in [3.63, 3.8) is 0 Å². The molecule has 0 unspecified atom stereocenters. The van der Waals surface area contributed by atoms with Crippen LogP contribution in [-0.2, 0) is 0 Å². The summed E-state index contributed by atoms with van der Waals surface area (Å²) < 4.78 is 0. The van der Waals surface area contributed by atoms with Crippen LogP contribution in [0.15, 0.2) is 0 Å². The lowest BCUT2D eigenvalue weighted by atomic mass is 10.1. The summed E-state index contributed by atoms with van der Waals surface area (Å²) in [5.74, 6) is 1.13. The first-order valence-corrected chi connectivity index (χ1v) is 3.66. The maximum atomic E-state index is 10.5. The van der Waals surface area contributed by atoms with Crippen molar-refractivity contribution in [1.29, 1.82) is 0 Å². The Morgan fingerprint density at radius 2 is 2.18 bits per heavy atom. The molecule has 1 aromatic heterocycles. The fourth-order valence-electron chi connectivity index (χ4n) is 1.06. The van der Waals surface area contributed by atoms with Gasteiger partial charge in [-0.2, -0.15) is 0 Å². The van der Waals surface area contributed by atoms with Crippen molar-refractivity contribution in [3.05, 3.63) is 17.2 Å². The molecule has 0 aliphatic carbocycles. The van der Waals surface area contributed by atoms with Gasteiger partial charge in [-0.05, 0) is 12.8 Å². The van der Waals surface area contributed by atoms with Gasteiger partial charge in [0.2, 0.25) is 0 Å². The monoisotopic (exact) mass is 152 g/mol. The number of rotatable bonds is 2. The van der Waals surface area contributed by atoms with Gasteiger partial charge >= 0.3 is 0 Å². The van der Waals surface area contributed by atoms with Crippen LogP contribution in [0.2, 0.25) is 0 Å². The number of carbonyl (C=O) groups excluding carboxylic acids is 1. The highest BCUT2D eigenvalue weighted by Gasteiger charge is 2.09. The maximum absolute atomic E-state index is 10.5. The second-order valence-electron chi connectivity index (χ2n) is 2.89. The molecule has 0 aliphatic heterocycles. The number of nitrogens with zero attached hydrogens (tertiary/aromatic N) is 1. The Bertz CT molecular complexity index is 263. The molecule has 11 heavy (non-hydrogen) atoms. The Balaban J connectivity index is 3.11. The second-order valence-corrected chi connectivity index (χ2v) is 2.89. The SMILES string of the molecule is Cc1nc(C=O)c(C(C)C)[nH]1. The summed E-state index contributed by atoms with van der Waals surface area (Å²) in [5, 5.41) is 0. The molecule has 0 aromatic carbocycles. The van der Waals surface area contributed by atoms with Gasteiger partial charge in [-0.25, -0.2) is 4.98 Å². The number of imidazole rings is 1. The summed E-state index contributed by atoms with van der Waals surface area (Å²) in [6, 6.07) is 0. The van der Waals surface area contributed by atoms with E-state index in [0.29, 0.717) is 11.6 Å². The van der Waals surface area contributed by atoms with Gasteiger partial charge < -0.3 is 4.98 Å². The maximum Gasteiger partial charge on any atom is 0.170 e. The van der Waals surface area contributed by atoms with Crippen LogP contribution in [0.5, 0.6) is 0 Å². The fourth-order valence-corrected chi connectivity index (χ4v) is 1.06. The molecule has 1 N–H and O–H groups in total. The summed E-state index contributed by atoms with van der Waals surface area (Å²) in [5.41, 5.74) is 1.47. The first-order valence-electron chi connectivity index (χ1n) is 3.66. The summed E-state index contributed by atoms with van der Waals surface area (Å²) >= 11 is 0. The number of carbonyl (C=O) groups is 1. The van der Waals surface area contributed by atoms with Gasteiger partial charge in [0.1, 0.15) is 11.5 Å². The van der Waals surface area contributed by atoms with E-state index in [4.69, 9.17) is 0 Å². The molecule has 60 valence electrons. The fraction of sp³-hybridized carbons (Fsp3) is 0.500. The molecule has 0 saturated carbocycles. The van der Waals surface area contributed by atoms with Crippen molar-refractivity contribution in [3.8, 4) is 0 Å². The van der Waals surface area contributed by atoms with Gasteiger partial charge in [0, 0.05) is 5.69 Å². The van der Waals surface area contributed by atoms with Crippen LogP contribution in [0.3, 0.4) is 0 Å². The van der Waals surface area contributed by atoms with Crippen LogP contribution < -0.4 is 0 Å². The molecule has 0 radical (unpaired) electrons. The number of aromatic amines is 1. The standard InChI is InChI=1S/C8H12N2O/c1-5(2)8-7(4-11)9-6(3)10-8/h4-5H,1-3H3,(H,9,10). The summed E-state index contributed by atoms with van der Waals surface area (Å²) in [6.45, 7) is 5.90. The third-order valence-electron chi connectivity index (χ3n) is 1.57. The third-order valence-corrected chi connectivity index (χ3v) is 1.57. The van der Waals surface area contributed by atoms with Crippen LogP contribution >= 0.6 is 0 Å². The van der Waals surface area contributed by atoms with Crippen molar-refractivity contribution in [1.82, 2.24) is 9.97 Å². The molecule has 0 fully saturated rings. The number of hydrogen-bond donors (Lipinski definition) is 1. The van der Waals surface area contributed by atoms with E-state index in [9.17, 15) is 4.79 Å². The molecule has 0 bridgehead atoms. The first kappa shape index (κ1) is 7.98. The quantitative estimate of drug-likeness (QED) is 0.655. The summed E-state index contributed by atoms with van der Waals surface area (Å²) in [4.78, 5) is 17.5. The first-order chi connectivity index (χ1) is 5.15. The van der Waals surface area contributed by atoms with Crippen LogP contribution in [0, 0.1) is 6.92 Å². The van der Waals surface area contributed by atoms with Gasteiger partial charge in [-0.1, -0.05) is 13.8 Å². The zero-order chi connectivity index (χ0) is 8.43. The molecule has 0 aliphatic rings. The van der Waals surface area contributed by atoms with Gasteiger partial charge in [0.25, 0.3) is 0 Å². The number of aryl methyl sites for hydroxylation is 1. The molecular weight excluding hydrogens is 140 g/mol. The summed E-state index contributed by atoms with van der Waals surface area (Å²) in [7, 11) is 0. The van der Waals surface area contributed by atoms with E-state index in [1.54, 1.807) is 0 Å². The van der Waals surface area contributed by atoms with Crippen LogP contribution in [0.25, 0.3) is 0 Å². The molecule has 1 aromatic rings. The smallest absolute Gasteiger partial charge is 0.170 e. The predicted octanol–water partition coefficient (Wildman–Crippen LogP) is 1.65. The van der Waals surface area contributed by atoms with Crippen LogP contribution in [0.1, 0.15) is 41.8 Å². The average molecular weight is 152 g/mol. The highest BCUT2D eigenvalue weighted by molar-refractivity contribution is 5.73. The number of H-pyrrole nitrogens is 1. The van der Waals surface area contributed by atoms with Crippen LogP contribution in [0.4, 0.5) is 0 Å². The Kier molecular flexibility index (Phi) is 2.08. The zero-order valence-electron chi connectivity index (χ0n) is 7.01. The minimum atomic E-state index is 0.330. The zero-order valence-corrected chi connectivity index (χ0v) is 7.01. The number of hydrogen-bond acceptors (Lipinski definition) is 2. The van der Waals surface area contributed by atoms with Gasteiger partial charge in [-0.3, -0.25) is 4.79 Å². The predicted molar refractivity (Wildman–Crippen MR) is 42.8 cm³/mol. The lowest BCUT2D eigenvalue weighted by Crippen LogP contribution is -1.92. The lowest BCUT2D eigenvalue weighted by molar-refractivity contribution is 0.111. The molecule has 3 heteroatoms. The van der Waals surface area contributed by atoms with Crippen molar-refractivity contribution in [2.75, 3.05) is 0 Å². The Labute approximate surface area is 65.8 Å². The van der Waals surface area contributed by atoms with Crippen molar-refractivity contribution in [2.45, 2.75) is 26.7 Å². The minimum absolute atomic E-state index is 0.330. The number of aldehydes is 1. The van der Waals surface area contributed by atoms with E-state index in [0.717, 1.165) is 17.8 Å². The molecule has 0 saturated heterocycles. The summed E-state index contributed by atoms with van der Waals surface area (Å²) in [6.07, 6.45) is 0.791. The van der Waals surface area contributed by atoms with E-state index in [1.165, 1.54) is 0 Å². The van der Waals surface area contributed by atoms with Crippen molar-refractivity contribution >= 4 is 6.29 Å². The molecule has 0 spiro atoms. The topological polar surface area (TPSA) is 45.8 Å². The second kappa shape index (κ2) is 2.86. The molecule has 0 amide bonds. The largest absolute Gasteiger partial charge is 0.345 e. The van der Waals surface area contributed by atoms with E-state index in [-0.39, 0.29) is 0 Å². The molecular formula is C8H12N2O. The highest BCUT2D eigenvalue weighted by Crippen LogP contribution is 2.14. The molecule has 1 heterocycles. The Morgan fingerprint density at radius 3 is 2.55 bits per heavy atom. The van der Waals surface area contributed by atoms with Gasteiger partial charge in [-0.15, -0.1) is 0 Å². The van der Waals surface area contributed by atoms with Crippen LogP contribution in [-0.4, -0.2) is 16.3 Å². The van der Waals surface area contributed by atoms with E-state index >= 15 is 0 Å². The average Bonchev–Trinajstić information content (AvgIpc) is 2.30. The molecule has 1 rings (SSSR count). The number of aromatic nitrogens is 2. The minimum Gasteiger partial charge on any atom is -0.345 e. The molecule has 3 nitrogen and oxygen atoms in total. The molecule has 0 atom stereocenters. The van der Waals surface area contributed by atoms with E-state index in [2.05, 4.69) is 9.97 Å². The Morgan fingerprint density at radius 1 is 1.55 bits per heavy atom. The van der Waals surface area contributed by atoms with Crippen molar-refractivity contribution in [2.24, 2.45) is 0 Å². The van der Waals surface area contributed by atoms with Gasteiger partial charge in [0.15, 0.2) is 6.29 Å². The highest BCUT2D eigenvalue weighted by atomic mass is 16.1. The van der Waals surface area contributed by atoms with E-state index < -0.39 is 0 Å². The van der Waals surface area contributed by atoms with Crippen molar-refractivity contribution < 1.29 is 4.79 Å². The Hall–Kier alpha value is -1.12.